The van der Waals surface area contributed by atoms with Crippen molar-refractivity contribution < 1.29 is 4.79 Å². The molecule has 1 aliphatic carbocycles. The van der Waals surface area contributed by atoms with Gasteiger partial charge in [-0.2, -0.15) is 0 Å². The molecule has 1 N–H and O–H groups in total. The van der Waals surface area contributed by atoms with Gasteiger partial charge >= 0.3 is 0 Å². The van der Waals surface area contributed by atoms with E-state index in [1.54, 1.807) is 0 Å². The molecular formula is C18H26BrNO. The number of amides is 1. The molecule has 2 rings (SSSR count). The predicted octanol–water partition coefficient (Wildman–Crippen LogP) is 4.64. The largest absolute Gasteiger partial charge is 0.353 e. The summed E-state index contributed by atoms with van der Waals surface area (Å²) in [7, 11) is 0. The van der Waals surface area contributed by atoms with Gasteiger partial charge in [0.1, 0.15) is 0 Å². The monoisotopic (exact) mass is 351 g/mol. The van der Waals surface area contributed by atoms with Crippen molar-refractivity contribution in [3.05, 3.63) is 35.9 Å². The Labute approximate surface area is 136 Å². The van der Waals surface area contributed by atoms with E-state index < -0.39 is 0 Å². The number of carbonyl (C=O) groups excluding carboxylic acids is 1. The van der Waals surface area contributed by atoms with Crippen LogP contribution in [-0.2, 0) is 4.79 Å². The van der Waals surface area contributed by atoms with E-state index in [4.69, 9.17) is 0 Å². The number of halogens is 1. The molecule has 1 saturated carbocycles. The molecular weight excluding hydrogens is 326 g/mol. The van der Waals surface area contributed by atoms with Gasteiger partial charge in [0.15, 0.2) is 0 Å². The molecule has 1 fully saturated rings. The summed E-state index contributed by atoms with van der Waals surface area (Å²) in [5.41, 5.74) is 1.14. The van der Waals surface area contributed by atoms with Crippen molar-refractivity contribution in [2.45, 2.75) is 62.7 Å². The van der Waals surface area contributed by atoms with E-state index in [0.717, 1.165) is 37.7 Å². The van der Waals surface area contributed by atoms with Crippen LogP contribution < -0.4 is 5.32 Å². The van der Waals surface area contributed by atoms with Gasteiger partial charge in [0, 0.05) is 10.9 Å². The van der Waals surface area contributed by atoms with Crippen LogP contribution >= 0.6 is 15.9 Å². The first-order valence-electron chi connectivity index (χ1n) is 8.11. The fourth-order valence-corrected chi connectivity index (χ4v) is 3.65. The lowest BCUT2D eigenvalue weighted by molar-refractivity contribution is -0.124. The molecule has 1 aromatic carbocycles. The molecule has 0 aromatic heterocycles. The summed E-state index contributed by atoms with van der Waals surface area (Å²) in [6, 6.07) is 10.5. The van der Waals surface area contributed by atoms with Crippen LogP contribution in [0.3, 0.4) is 0 Å². The van der Waals surface area contributed by atoms with Gasteiger partial charge in [0.2, 0.25) is 5.91 Å². The molecule has 1 amide bonds. The van der Waals surface area contributed by atoms with E-state index >= 15 is 0 Å². The molecule has 1 aliphatic rings. The predicted molar refractivity (Wildman–Crippen MR) is 91.8 cm³/mol. The summed E-state index contributed by atoms with van der Waals surface area (Å²) in [6.45, 7) is 4.33. The van der Waals surface area contributed by atoms with E-state index in [2.05, 4.69) is 47.2 Å². The lowest BCUT2D eigenvalue weighted by atomic mass is 9.84. The maximum absolute atomic E-state index is 12.8. The highest BCUT2D eigenvalue weighted by molar-refractivity contribution is 9.09. The van der Waals surface area contributed by atoms with Gasteiger partial charge in [-0.05, 0) is 37.2 Å². The van der Waals surface area contributed by atoms with Gasteiger partial charge in [0.25, 0.3) is 0 Å². The van der Waals surface area contributed by atoms with Crippen molar-refractivity contribution in [3.63, 3.8) is 0 Å². The summed E-state index contributed by atoms with van der Waals surface area (Å²) < 4.78 is 0. The molecule has 0 aliphatic heterocycles. The van der Waals surface area contributed by atoms with Crippen LogP contribution in [0.1, 0.15) is 57.4 Å². The Bertz CT molecular complexity index is 440. The van der Waals surface area contributed by atoms with Crippen LogP contribution in [0.5, 0.6) is 0 Å². The zero-order valence-corrected chi connectivity index (χ0v) is 14.6. The van der Waals surface area contributed by atoms with Crippen LogP contribution in [0.15, 0.2) is 30.3 Å². The van der Waals surface area contributed by atoms with Gasteiger partial charge in [-0.15, -0.1) is 0 Å². The van der Waals surface area contributed by atoms with Crippen molar-refractivity contribution in [1.29, 1.82) is 0 Å². The second-order valence-electron chi connectivity index (χ2n) is 6.23. The van der Waals surface area contributed by atoms with E-state index in [1.807, 2.05) is 18.2 Å². The second kappa shape index (κ2) is 7.98. The van der Waals surface area contributed by atoms with Gasteiger partial charge < -0.3 is 5.32 Å². The zero-order valence-electron chi connectivity index (χ0n) is 13.0. The van der Waals surface area contributed by atoms with E-state index in [-0.39, 0.29) is 11.8 Å². The lowest BCUT2D eigenvalue weighted by Gasteiger charge is -2.29. The fourth-order valence-electron chi connectivity index (χ4n) is 3.12. The Hall–Kier alpha value is -0.830. The van der Waals surface area contributed by atoms with E-state index in [1.165, 1.54) is 0 Å². The van der Waals surface area contributed by atoms with Gasteiger partial charge in [0.05, 0.1) is 5.92 Å². The first kappa shape index (κ1) is 16.5. The SMILES string of the molecule is CCC(C)C(C(=O)NC1CCC(Br)CC1)c1ccccc1. The summed E-state index contributed by atoms with van der Waals surface area (Å²) in [5, 5.41) is 3.29. The maximum Gasteiger partial charge on any atom is 0.228 e. The minimum atomic E-state index is -0.0297. The number of hydrogen-bond acceptors (Lipinski definition) is 1. The van der Waals surface area contributed by atoms with E-state index in [9.17, 15) is 4.79 Å². The Morgan fingerprint density at radius 3 is 2.43 bits per heavy atom. The summed E-state index contributed by atoms with van der Waals surface area (Å²) >= 11 is 3.67. The summed E-state index contributed by atoms with van der Waals surface area (Å²) in [6.07, 6.45) is 5.50. The Kier molecular flexibility index (Phi) is 6.28. The quantitative estimate of drug-likeness (QED) is 0.769. The van der Waals surface area contributed by atoms with Crippen LogP contribution in [0.4, 0.5) is 0 Å². The lowest BCUT2D eigenvalue weighted by Crippen LogP contribution is -2.41. The number of rotatable bonds is 5. The minimum absolute atomic E-state index is 0.0297. The number of carbonyl (C=O) groups is 1. The first-order chi connectivity index (χ1) is 10.1. The zero-order chi connectivity index (χ0) is 15.2. The van der Waals surface area contributed by atoms with Gasteiger partial charge in [-0.3, -0.25) is 4.79 Å². The molecule has 2 atom stereocenters. The average molecular weight is 352 g/mol. The topological polar surface area (TPSA) is 29.1 Å². The van der Waals surface area contributed by atoms with Gasteiger partial charge in [-0.1, -0.05) is 66.5 Å². The molecule has 0 spiro atoms. The number of hydrogen-bond donors (Lipinski definition) is 1. The normalized spacial score (nSPS) is 25.1. The Morgan fingerprint density at radius 1 is 1.24 bits per heavy atom. The van der Waals surface area contributed by atoms with Crippen molar-refractivity contribution in [2.75, 3.05) is 0 Å². The molecule has 116 valence electrons. The maximum atomic E-state index is 12.8. The first-order valence-corrected chi connectivity index (χ1v) is 9.02. The highest BCUT2D eigenvalue weighted by Gasteiger charge is 2.28. The Morgan fingerprint density at radius 2 is 1.86 bits per heavy atom. The minimum Gasteiger partial charge on any atom is -0.353 e. The average Bonchev–Trinajstić information content (AvgIpc) is 2.50. The molecule has 2 nitrogen and oxygen atoms in total. The Balaban J connectivity index is 2.05. The van der Waals surface area contributed by atoms with Crippen molar-refractivity contribution in [1.82, 2.24) is 5.32 Å². The smallest absolute Gasteiger partial charge is 0.228 e. The summed E-state index contributed by atoms with van der Waals surface area (Å²) in [5.74, 6) is 0.534. The summed E-state index contributed by atoms with van der Waals surface area (Å²) in [4.78, 5) is 13.4. The third-order valence-electron chi connectivity index (χ3n) is 4.66. The molecule has 0 bridgehead atoms. The molecule has 1 aromatic rings. The van der Waals surface area contributed by atoms with Crippen molar-refractivity contribution in [3.8, 4) is 0 Å². The molecule has 0 heterocycles. The highest BCUT2D eigenvalue weighted by atomic mass is 79.9. The molecule has 0 saturated heterocycles. The number of alkyl halides is 1. The molecule has 21 heavy (non-hydrogen) atoms. The molecule has 3 heteroatoms. The van der Waals surface area contributed by atoms with E-state index in [0.29, 0.717) is 16.8 Å². The van der Waals surface area contributed by atoms with Crippen LogP contribution in [-0.4, -0.2) is 16.8 Å². The number of nitrogens with one attached hydrogen (secondary N) is 1. The van der Waals surface area contributed by atoms with Crippen LogP contribution in [0, 0.1) is 5.92 Å². The van der Waals surface area contributed by atoms with Crippen molar-refractivity contribution in [2.24, 2.45) is 5.92 Å². The number of benzene rings is 1. The third kappa shape index (κ3) is 4.57. The van der Waals surface area contributed by atoms with Crippen LogP contribution in [0.25, 0.3) is 0 Å². The standard InChI is InChI=1S/C18H26BrNO/c1-3-13(2)17(14-7-5-4-6-8-14)18(21)20-16-11-9-15(19)10-12-16/h4-8,13,15-17H,3,9-12H2,1-2H3,(H,20,21). The molecule has 0 radical (unpaired) electrons. The highest BCUT2D eigenvalue weighted by Crippen LogP contribution is 2.29. The fraction of sp³-hybridized carbons (Fsp3) is 0.611. The van der Waals surface area contributed by atoms with Crippen molar-refractivity contribution >= 4 is 21.8 Å². The van der Waals surface area contributed by atoms with Crippen LogP contribution in [0.2, 0.25) is 0 Å². The second-order valence-corrected chi connectivity index (χ2v) is 7.53. The molecule has 2 unspecified atom stereocenters. The van der Waals surface area contributed by atoms with Gasteiger partial charge in [-0.25, -0.2) is 0 Å². The third-order valence-corrected chi connectivity index (χ3v) is 5.57.